The van der Waals surface area contributed by atoms with Crippen LogP contribution in [-0.4, -0.2) is 9.91 Å². The molecule has 0 saturated heterocycles. The summed E-state index contributed by atoms with van der Waals surface area (Å²) in [4.78, 5) is 15.6. The number of nitrogens with one attached hydrogen (secondary N) is 1. The number of hydrogen-bond acceptors (Lipinski definition) is 5. The first kappa shape index (κ1) is 11.0. The number of thioether (sulfide) groups is 1. The Labute approximate surface area is 107 Å². The zero-order valence-electron chi connectivity index (χ0n) is 9.24. The number of fused-ring (bicyclic) bond motifs is 1. The van der Waals surface area contributed by atoms with Crippen molar-refractivity contribution in [2.45, 2.75) is 10.3 Å². The van der Waals surface area contributed by atoms with Gasteiger partial charge >= 0.3 is 0 Å². The average Bonchev–Trinajstić information content (AvgIpc) is 2.82. The first-order valence-electron chi connectivity index (χ1n) is 5.36. The summed E-state index contributed by atoms with van der Waals surface area (Å²) in [5.41, 5.74) is 1.81. The molecule has 0 spiro atoms. The molecule has 6 heteroatoms. The minimum absolute atomic E-state index is 0.0169. The van der Waals surface area contributed by atoms with Crippen LogP contribution in [0, 0.1) is 10.1 Å². The molecule has 0 saturated carbocycles. The predicted octanol–water partition coefficient (Wildman–Crippen LogP) is 3.21. The normalized spacial score (nSPS) is 17.0. The Bertz CT molecular complexity index is 604. The highest BCUT2D eigenvalue weighted by Crippen LogP contribution is 2.46. The van der Waals surface area contributed by atoms with Crippen LogP contribution < -0.4 is 5.32 Å². The molecule has 0 amide bonds. The third-order valence-corrected chi connectivity index (χ3v) is 3.87. The Balaban J connectivity index is 1.90. The monoisotopic (exact) mass is 259 g/mol. The smallest absolute Gasteiger partial charge is 0.271 e. The van der Waals surface area contributed by atoms with Gasteiger partial charge in [-0.05, 0) is 18.2 Å². The van der Waals surface area contributed by atoms with Crippen molar-refractivity contribution in [3.8, 4) is 0 Å². The quantitative estimate of drug-likeness (QED) is 0.662. The molecule has 1 atom stereocenters. The van der Waals surface area contributed by atoms with Gasteiger partial charge in [-0.2, -0.15) is 0 Å². The molecule has 18 heavy (non-hydrogen) atoms. The Morgan fingerprint density at radius 3 is 2.94 bits per heavy atom. The Morgan fingerprint density at radius 2 is 2.22 bits per heavy atom. The van der Waals surface area contributed by atoms with Crippen LogP contribution in [-0.2, 0) is 0 Å². The Hall–Kier alpha value is -2.08. The maximum absolute atomic E-state index is 10.7. The number of rotatable bonds is 2. The standard InChI is InChI=1S/C12H9N3O2S/c16-15(17)8-4-5-11-10(7-8)14-12(18-11)9-3-1-2-6-13-9/h1-7,12,14H. The van der Waals surface area contributed by atoms with Crippen LogP contribution in [0.4, 0.5) is 11.4 Å². The van der Waals surface area contributed by atoms with Crippen molar-refractivity contribution in [3.63, 3.8) is 0 Å². The summed E-state index contributed by atoms with van der Waals surface area (Å²) in [7, 11) is 0. The molecule has 0 fully saturated rings. The van der Waals surface area contributed by atoms with Crippen LogP contribution in [0.1, 0.15) is 11.1 Å². The second-order valence-electron chi connectivity index (χ2n) is 3.83. The van der Waals surface area contributed by atoms with Gasteiger partial charge in [-0.15, -0.1) is 0 Å². The number of nitro benzene ring substituents is 1. The molecule has 1 aliphatic heterocycles. The summed E-state index contributed by atoms with van der Waals surface area (Å²) in [6.07, 6.45) is 1.74. The van der Waals surface area contributed by atoms with Gasteiger partial charge in [0.1, 0.15) is 5.37 Å². The summed E-state index contributed by atoms with van der Waals surface area (Å²) in [6.45, 7) is 0. The highest BCUT2D eigenvalue weighted by molar-refractivity contribution is 8.00. The van der Waals surface area contributed by atoms with E-state index in [4.69, 9.17) is 0 Å². The van der Waals surface area contributed by atoms with E-state index in [1.54, 1.807) is 30.1 Å². The fraction of sp³-hybridized carbons (Fsp3) is 0.0833. The maximum atomic E-state index is 10.7. The summed E-state index contributed by atoms with van der Waals surface area (Å²) in [6, 6.07) is 10.6. The first-order chi connectivity index (χ1) is 8.74. The van der Waals surface area contributed by atoms with E-state index in [2.05, 4.69) is 10.3 Å². The molecule has 1 aliphatic rings. The minimum Gasteiger partial charge on any atom is -0.367 e. The second kappa shape index (κ2) is 4.30. The fourth-order valence-electron chi connectivity index (χ4n) is 1.81. The van der Waals surface area contributed by atoms with Crippen molar-refractivity contribution >= 4 is 23.1 Å². The van der Waals surface area contributed by atoms with Gasteiger partial charge in [0, 0.05) is 23.2 Å². The maximum Gasteiger partial charge on any atom is 0.271 e. The molecule has 90 valence electrons. The van der Waals surface area contributed by atoms with Crippen molar-refractivity contribution < 1.29 is 4.92 Å². The number of nitro groups is 1. The Morgan fingerprint density at radius 1 is 1.33 bits per heavy atom. The van der Waals surface area contributed by atoms with Gasteiger partial charge in [0.25, 0.3) is 5.69 Å². The van der Waals surface area contributed by atoms with Crippen molar-refractivity contribution in [1.29, 1.82) is 0 Å². The largest absolute Gasteiger partial charge is 0.367 e. The van der Waals surface area contributed by atoms with E-state index in [1.165, 1.54) is 6.07 Å². The van der Waals surface area contributed by atoms with Crippen molar-refractivity contribution in [2.24, 2.45) is 0 Å². The van der Waals surface area contributed by atoms with E-state index in [9.17, 15) is 10.1 Å². The van der Waals surface area contributed by atoms with Crippen LogP contribution in [0.3, 0.4) is 0 Å². The lowest BCUT2D eigenvalue weighted by atomic mass is 10.2. The minimum atomic E-state index is -0.388. The average molecular weight is 259 g/mol. The lowest BCUT2D eigenvalue weighted by molar-refractivity contribution is -0.384. The molecule has 1 unspecified atom stereocenters. The lowest BCUT2D eigenvalue weighted by Crippen LogP contribution is -2.02. The van der Waals surface area contributed by atoms with Crippen molar-refractivity contribution in [1.82, 2.24) is 4.98 Å². The van der Waals surface area contributed by atoms with Crippen LogP contribution in [0.25, 0.3) is 0 Å². The molecule has 0 aliphatic carbocycles. The number of pyridine rings is 1. The van der Waals surface area contributed by atoms with E-state index in [0.717, 1.165) is 16.3 Å². The van der Waals surface area contributed by atoms with Crippen LogP contribution in [0.2, 0.25) is 0 Å². The van der Waals surface area contributed by atoms with E-state index < -0.39 is 0 Å². The van der Waals surface area contributed by atoms with E-state index in [1.807, 2.05) is 18.2 Å². The molecule has 3 rings (SSSR count). The predicted molar refractivity (Wildman–Crippen MR) is 69.6 cm³/mol. The molecule has 1 N–H and O–H groups in total. The zero-order chi connectivity index (χ0) is 12.5. The lowest BCUT2D eigenvalue weighted by Gasteiger charge is -2.08. The number of hydrogen-bond donors (Lipinski definition) is 1. The molecular formula is C12H9N3O2S. The van der Waals surface area contributed by atoms with Gasteiger partial charge in [-0.3, -0.25) is 15.1 Å². The number of benzene rings is 1. The molecule has 1 aromatic heterocycles. The second-order valence-corrected chi connectivity index (χ2v) is 4.98. The van der Waals surface area contributed by atoms with Crippen LogP contribution >= 0.6 is 11.8 Å². The first-order valence-corrected chi connectivity index (χ1v) is 6.24. The number of aromatic nitrogens is 1. The Kier molecular flexibility index (Phi) is 2.64. The van der Waals surface area contributed by atoms with Crippen molar-refractivity contribution in [2.75, 3.05) is 5.32 Å². The highest BCUT2D eigenvalue weighted by atomic mass is 32.2. The van der Waals surface area contributed by atoms with Gasteiger partial charge in [0.15, 0.2) is 0 Å². The van der Waals surface area contributed by atoms with Crippen molar-refractivity contribution in [3.05, 3.63) is 58.4 Å². The number of non-ortho nitro benzene ring substituents is 1. The van der Waals surface area contributed by atoms with E-state index in [0.29, 0.717) is 0 Å². The number of anilines is 1. The van der Waals surface area contributed by atoms with E-state index in [-0.39, 0.29) is 16.0 Å². The third kappa shape index (κ3) is 1.91. The molecule has 0 bridgehead atoms. The SMILES string of the molecule is O=[N+]([O-])c1ccc2c(c1)NC(c1ccccn1)S2. The molecule has 5 nitrogen and oxygen atoms in total. The van der Waals surface area contributed by atoms with E-state index >= 15 is 0 Å². The zero-order valence-corrected chi connectivity index (χ0v) is 10.1. The molecule has 1 aromatic carbocycles. The molecule has 2 aromatic rings. The summed E-state index contributed by atoms with van der Waals surface area (Å²) in [5, 5.41) is 14.0. The molecular weight excluding hydrogens is 250 g/mol. The van der Waals surface area contributed by atoms with Crippen LogP contribution in [0.5, 0.6) is 0 Å². The van der Waals surface area contributed by atoms with Gasteiger partial charge in [-0.1, -0.05) is 17.8 Å². The van der Waals surface area contributed by atoms with Crippen LogP contribution in [0.15, 0.2) is 47.5 Å². The highest BCUT2D eigenvalue weighted by Gasteiger charge is 2.25. The van der Waals surface area contributed by atoms with Gasteiger partial charge < -0.3 is 5.32 Å². The summed E-state index contributed by atoms with van der Waals surface area (Å²) in [5.74, 6) is 0. The fourth-order valence-corrected chi connectivity index (χ4v) is 2.90. The van der Waals surface area contributed by atoms with Gasteiger partial charge in [0.05, 0.1) is 16.3 Å². The summed E-state index contributed by atoms with van der Waals surface area (Å²) >= 11 is 1.61. The molecule has 0 radical (unpaired) electrons. The van der Waals surface area contributed by atoms with Gasteiger partial charge in [0.2, 0.25) is 0 Å². The third-order valence-electron chi connectivity index (χ3n) is 2.66. The number of nitrogens with zero attached hydrogens (tertiary/aromatic N) is 2. The molecule has 2 heterocycles. The topological polar surface area (TPSA) is 68.1 Å². The summed E-state index contributed by atoms with van der Waals surface area (Å²) < 4.78 is 0. The van der Waals surface area contributed by atoms with Gasteiger partial charge in [-0.25, -0.2) is 0 Å².